The first kappa shape index (κ1) is 25.5. The van der Waals surface area contributed by atoms with Gasteiger partial charge in [-0.3, -0.25) is 5.43 Å². The summed E-state index contributed by atoms with van der Waals surface area (Å²) in [6, 6.07) is 3.30. The lowest BCUT2D eigenvalue weighted by atomic mass is 10.1. The number of rotatable bonds is 9. The van der Waals surface area contributed by atoms with Crippen molar-refractivity contribution in [3.8, 4) is 5.75 Å². The van der Waals surface area contributed by atoms with Gasteiger partial charge in [-0.1, -0.05) is 0 Å². The number of ether oxygens (including phenoxy) is 2. The van der Waals surface area contributed by atoms with Gasteiger partial charge in [0.15, 0.2) is 12.4 Å². The molecule has 2 N–H and O–H groups in total. The molecule has 14 heteroatoms. The number of aromatic nitrogens is 2. The van der Waals surface area contributed by atoms with Gasteiger partial charge in [0.25, 0.3) is 0 Å². The quantitative estimate of drug-likeness (QED) is 0.279. The standard InChI is InChI=1S/C20H24BrF3N8O2/c1-13-8-16(32-4-6-33-7-5-32)17(34-11-20(22,23)24)9-15(13)29-19-26-10-14(21)18(30-19)27-12-28-31(3)25-2/h8-10,12H,2,4-7,11H2,1,3H3,(H2,26,27,28,29,30). The molecule has 0 bridgehead atoms. The van der Waals surface area contributed by atoms with Gasteiger partial charge in [0, 0.05) is 44.8 Å². The van der Waals surface area contributed by atoms with Crippen molar-refractivity contribution in [3.05, 3.63) is 28.4 Å². The topological polar surface area (TPSA) is 99.5 Å². The summed E-state index contributed by atoms with van der Waals surface area (Å²) in [5, 5.41) is 8.02. The second-order valence-corrected chi connectivity index (χ2v) is 8.03. The van der Waals surface area contributed by atoms with Crippen LogP contribution in [0.3, 0.4) is 0 Å². The Labute approximate surface area is 203 Å². The van der Waals surface area contributed by atoms with Gasteiger partial charge in [-0.2, -0.15) is 23.3 Å². The lowest BCUT2D eigenvalue weighted by Crippen LogP contribution is -2.36. The second kappa shape index (κ2) is 11.3. The first-order chi connectivity index (χ1) is 16.2. The number of nitrogens with zero attached hydrogens (tertiary/aromatic N) is 6. The summed E-state index contributed by atoms with van der Waals surface area (Å²) < 4.78 is 49.7. The third kappa shape index (κ3) is 7.18. The third-order valence-electron chi connectivity index (χ3n) is 4.66. The minimum atomic E-state index is -4.47. The lowest BCUT2D eigenvalue weighted by molar-refractivity contribution is -0.153. The highest BCUT2D eigenvalue weighted by molar-refractivity contribution is 9.10. The van der Waals surface area contributed by atoms with E-state index in [9.17, 15) is 13.2 Å². The number of hydrazone groups is 1. The fourth-order valence-corrected chi connectivity index (χ4v) is 3.27. The van der Waals surface area contributed by atoms with Crippen LogP contribution in [0.5, 0.6) is 5.75 Å². The molecule has 0 radical (unpaired) electrons. The molecule has 3 rings (SSSR count). The smallest absolute Gasteiger partial charge is 0.422 e. The van der Waals surface area contributed by atoms with Crippen LogP contribution in [0.2, 0.25) is 0 Å². The van der Waals surface area contributed by atoms with Gasteiger partial charge < -0.3 is 19.7 Å². The Kier molecular flexibility index (Phi) is 8.50. The molecular formula is C20H24BrF3N8O2. The van der Waals surface area contributed by atoms with Crippen molar-refractivity contribution in [3.63, 3.8) is 0 Å². The van der Waals surface area contributed by atoms with Crippen molar-refractivity contribution >= 4 is 52.1 Å². The number of anilines is 3. The number of aliphatic imine (C=N–C) groups is 1. The van der Waals surface area contributed by atoms with E-state index in [2.05, 4.69) is 53.5 Å². The van der Waals surface area contributed by atoms with Gasteiger partial charge >= 0.3 is 6.18 Å². The molecule has 2 heterocycles. The van der Waals surface area contributed by atoms with Crippen molar-refractivity contribution in [2.45, 2.75) is 13.1 Å². The molecule has 1 aliphatic rings. The highest BCUT2D eigenvalue weighted by Crippen LogP contribution is 2.37. The van der Waals surface area contributed by atoms with Gasteiger partial charge in [-0.15, -0.1) is 0 Å². The summed E-state index contributed by atoms with van der Waals surface area (Å²) >= 11 is 3.33. The Morgan fingerprint density at radius 2 is 2.09 bits per heavy atom. The van der Waals surface area contributed by atoms with Crippen LogP contribution in [-0.2, 0) is 4.74 Å². The number of morpholine rings is 1. The molecule has 2 aromatic rings. The number of aryl methyl sites for hydroxylation is 1. The zero-order valence-electron chi connectivity index (χ0n) is 18.6. The molecule has 0 saturated carbocycles. The van der Waals surface area contributed by atoms with Crippen LogP contribution in [0.4, 0.5) is 36.3 Å². The monoisotopic (exact) mass is 544 g/mol. The molecule has 0 aliphatic carbocycles. The van der Waals surface area contributed by atoms with Crippen LogP contribution in [0.25, 0.3) is 0 Å². The number of hydrazine groups is 1. The Bertz CT molecular complexity index is 1030. The first-order valence-electron chi connectivity index (χ1n) is 10.1. The normalized spacial score (nSPS) is 14.2. The van der Waals surface area contributed by atoms with Crippen molar-refractivity contribution in [1.29, 1.82) is 0 Å². The van der Waals surface area contributed by atoms with Gasteiger partial charge in [-0.05, 0) is 34.5 Å². The Balaban J connectivity index is 1.87. The molecule has 1 aromatic heterocycles. The van der Waals surface area contributed by atoms with Crippen LogP contribution in [0.1, 0.15) is 5.56 Å². The zero-order chi connectivity index (χ0) is 24.7. The Hall–Kier alpha value is -3.13. The maximum Gasteiger partial charge on any atom is 0.422 e. The summed E-state index contributed by atoms with van der Waals surface area (Å²) in [6.07, 6.45) is -1.58. The highest BCUT2D eigenvalue weighted by Gasteiger charge is 2.29. The van der Waals surface area contributed by atoms with E-state index in [1.54, 1.807) is 13.1 Å². The number of hydrogen-bond acceptors (Lipinski definition) is 9. The van der Waals surface area contributed by atoms with Crippen LogP contribution in [0.15, 0.2) is 32.9 Å². The van der Waals surface area contributed by atoms with Crippen LogP contribution in [-0.4, -0.2) is 74.3 Å². The molecule has 10 nitrogen and oxygen atoms in total. The summed E-state index contributed by atoms with van der Waals surface area (Å²) in [6.45, 7) is 5.88. The molecule has 1 aliphatic heterocycles. The molecule has 1 aromatic carbocycles. The van der Waals surface area contributed by atoms with Crippen LogP contribution >= 0.6 is 15.9 Å². The number of hydrogen-bond donors (Lipinski definition) is 2. The van der Waals surface area contributed by atoms with E-state index in [0.717, 1.165) is 5.56 Å². The van der Waals surface area contributed by atoms with Gasteiger partial charge in [0.1, 0.15) is 12.1 Å². The molecule has 184 valence electrons. The van der Waals surface area contributed by atoms with Crippen molar-refractivity contribution < 1.29 is 22.6 Å². The van der Waals surface area contributed by atoms with E-state index in [1.807, 2.05) is 11.8 Å². The SMILES string of the molecule is C=NN(C)NC=Nc1nc(Nc2cc(OCC(F)(F)F)c(N3CCOCC3)cc2C)ncc1Br. The van der Waals surface area contributed by atoms with E-state index in [0.29, 0.717) is 48.0 Å². The van der Waals surface area contributed by atoms with Gasteiger partial charge in [0.05, 0.1) is 23.4 Å². The van der Waals surface area contributed by atoms with Crippen LogP contribution in [0, 0.1) is 6.92 Å². The minimum Gasteiger partial charge on any atom is -0.482 e. The number of halogens is 4. The fourth-order valence-electron chi connectivity index (χ4n) is 2.98. The molecule has 0 unspecified atom stereocenters. The van der Waals surface area contributed by atoms with Crippen molar-refractivity contribution in [1.82, 2.24) is 20.5 Å². The number of benzene rings is 1. The van der Waals surface area contributed by atoms with Gasteiger partial charge in [-0.25, -0.2) is 15.1 Å². The van der Waals surface area contributed by atoms with Gasteiger partial charge in [0.2, 0.25) is 5.95 Å². The largest absolute Gasteiger partial charge is 0.482 e. The van der Waals surface area contributed by atoms with Crippen molar-refractivity contribution in [2.75, 3.05) is 50.2 Å². The third-order valence-corrected chi connectivity index (χ3v) is 5.22. The Morgan fingerprint density at radius 1 is 1.35 bits per heavy atom. The minimum absolute atomic E-state index is 0.104. The maximum absolute atomic E-state index is 12.9. The first-order valence-corrected chi connectivity index (χ1v) is 10.9. The zero-order valence-corrected chi connectivity index (χ0v) is 20.1. The summed E-state index contributed by atoms with van der Waals surface area (Å²) in [4.78, 5) is 14.7. The number of alkyl halides is 3. The summed E-state index contributed by atoms with van der Waals surface area (Å²) in [7, 11) is 1.64. The Morgan fingerprint density at radius 3 is 2.76 bits per heavy atom. The predicted octanol–water partition coefficient (Wildman–Crippen LogP) is 3.78. The average molecular weight is 545 g/mol. The molecule has 0 amide bonds. The van der Waals surface area contributed by atoms with E-state index in [4.69, 9.17) is 9.47 Å². The van der Waals surface area contributed by atoms with E-state index < -0.39 is 12.8 Å². The summed E-state index contributed by atoms with van der Waals surface area (Å²) in [5.74, 6) is 0.625. The van der Waals surface area contributed by atoms with E-state index in [-0.39, 0.29) is 11.7 Å². The van der Waals surface area contributed by atoms with E-state index >= 15 is 0 Å². The molecule has 0 atom stereocenters. The molecular weight excluding hydrogens is 521 g/mol. The second-order valence-electron chi connectivity index (χ2n) is 7.18. The highest BCUT2D eigenvalue weighted by atomic mass is 79.9. The predicted molar refractivity (Wildman–Crippen MR) is 127 cm³/mol. The van der Waals surface area contributed by atoms with Crippen LogP contribution < -0.4 is 20.4 Å². The maximum atomic E-state index is 12.9. The number of nitrogens with one attached hydrogen (secondary N) is 2. The molecule has 0 spiro atoms. The van der Waals surface area contributed by atoms with Crippen molar-refractivity contribution in [2.24, 2.45) is 10.1 Å². The molecule has 34 heavy (non-hydrogen) atoms. The average Bonchev–Trinajstić information content (AvgIpc) is 2.81. The summed E-state index contributed by atoms with van der Waals surface area (Å²) in [5.41, 5.74) is 4.59. The molecule has 1 fully saturated rings. The van der Waals surface area contributed by atoms with E-state index in [1.165, 1.54) is 23.7 Å². The lowest BCUT2D eigenvalue weighted by Gasteiger charge is -2.31. The fraction of sp³-hybridized carbons (Fsp3) is 0.400. The molecule has 1 saturated heterocycles.